The molecule has 0 aliphatic rings. The van der Waals surface area contributed by atoms with Gasteiger partial charge in [0.2, 0.25) is 0 Å². The van der Waals surface area contributed by atoms with Crippen LogP contribution >= 0.6 is 0 Å². The van der Waals surface area contributed by atoms with Gasteiger partial charge in [0.05, 0.1) is 0 Å². The number of nitrogens with zero attached hydrogens (tertiary/aromatic N) is 2. The molecule has 0 saturated heterocycles. The molecule has 0 fully saturated rings. The first-order valence-corrected chi connectivity index (χ1v) is 6.86. The number of pyridine rings is 1. The van der Waals surface area contributed by atoms with Gasteiger partial charge >= 0.3 is 6.36 Å². The molecule has 8 heteroatoms. The molecule has 1 heterocycles. The van der Waals surface area contributed by atoms with E-state index in [9.17, 15) is 18.0 Å². The number of hydrogen-bond donors (Lipinski definition) is 0. The Balaban J connectivity index is 0.00000288. The minimum Gasteiger partial charge on any atom is -1.00 e. The predicted molar refractivity (Wildman–Crippen MR) is 78.0 cm³/mol. The number of rotatable bonds is 5. The summed E-state index contributed by atoms with van der Waals surface area (Å²) in [5.74, 6) is -0.635. The van der Waals surface area contributed by atoms with Crippen molar-refractivity contribution in [1.29, 1.82) is 0 Å². The number of halogens is 4. The maximum Gasteiger partial charge on any atom is 0.573 e. The van der Waals surface area contributed by atoms with Crippen molar-refractivity contribution < 1.29 is 35.1 Å². The van der Waals surface area contributed by atoms with Crippen molar-refractivity contribution in [2.45, 2.75) is 12.8 Å². The fourth-order valence-corrected chi connectivity index (χ4v) is 1.95. The molecule has 0 N–H and O–H groups in total. The van der Waals surface area contributed by atoms with E-state index in [0.717, 1.165) is 17.8 Å². The molecule has 0 saturated carbocycles. The largest absolute Gasteiger partial charge is 1.00 e. The zero-order chi connectivity index (χ0) is 16.9. The van der Waals surface area contributed by atoms with E-state index in [1.807, 2.05) is 18.2 Å². The van der Waals surface area contributed by atoms with Crippen molar-refractivity contribution in [3.8, 4) is 5.75 Å². The zero-order valence-corrected chi connectivity index (χ0v) is 13.5. The van der Waals surface area contributed by atoms with Gasteiger partial charge in [0, 0.05) is 37.5 Å². The van der Waals surface area contributed by atoms with Crippen LogP contribution in [0.5, 0.6) is 5.75 Å². The second-order valence-corrected chi connectivity index (χ2v) is 4.87. The lowest BCUT2D eigenvalue weighted by atomic mass is 10.2. The Labute approximate surface area is 143 Å². The Morgan fingerprint density at radius 3 is 2.38 bits per heavy atom. The van der Waals surface area contributed by atoms with E-state index in [2.05, 4.69) is 9.72 Å². The number of hydrogen-bond acceptors (Lipinski definition) is 3. The van der Waals surface area contributed by atoms with Crippen LogP contribution in [0.4, 0.5) is 13.2 Å². The lowest BCUT2D eigenvalue weighted by Gasteiger charge is -2.17. The molecule has 2 aromatic rings. The quantitative estimate of drug-likeness (QED) is 0.771. The smallest absolute Gasteiger partial charge is 0.573 e. The number of ether oxygens (including phenoxy) is 1. The van der Waals surface area contributed by atoms with Crippen LogP contribution in [0.15, 0.2) is 48.7 Å². The number of likely N-dealkylation sites (N-methyl/N-ethyl adjacent to an activating group) is 1. The highest BCUT2D eigenvalue weighted by Gasteiger charge is 2.31. The van der Waals surface area contributed by atoms with E-state index in [1.54, 1.807) is 13.2 Å². The Morgan fingerprint density at radius 2 is 1.83 bits per heavy atom. The number of carbonyl (C=O) groups excluding carboxylic acids is 1. The number of alkyl halides is 3. The number of benzene rings is 1. The highest BCUT2D eigenvalue weighted by Crippen LogP contribution is 2.23. The normalized spacial score (nSPS) is 10.7. The lowest BCUT2D eigenvalue weighted by molar-refractivity contribution is -0.274. The summed E-state index contributed by atoms with van der Waals surface area (Å²) in [5.41, 5.74) is 1.16. The molecule has 1 aromatic heterocycles. The maximum absolute atomic E-state index is 12.2. The monoisotopic (exact) mass is 359 g/mol. The van der Waals surface area contributed by atoms with Gasteiger partial charge in [-0.05, 0) is 36.4 Å². The Morgan fingerprint density at radius 1 is 1.17 bits per heavy atom. The van der Waals surface area contributed by atoms with E-state index in [4.69, 9.17) is 0 Å². The minimum atomic E-state index is -4.75. The Bertz CT molecular complexity index is 649. The zero-order valence-electron chi connectivity index (χ0n) is 12.8. The topological polar surface area (TPSA) is 42.4 Å². The molecule has 4 nitrogen and oxygen atoms in total. The van der Waals surface area contributed by atoms with E-state index in [1.165, 1.54) is 17.0 Å². The summed E-state index contributed by atoms with van der Waals surface area (Å²) in [6.45, 7) is 0.455. The molecule has 0 aliphatic heterocycles. The van der Waals surface area contributed by atoms with Gasteiger partial charge in [0.15, 0.2) is 0 Å². The summed E-state index contributed by atoms with van der Waals surface area (Å²) in [4.78, 5) is 17.9. The maximum atomic E-state index is 12.2. The summed E-state index contributed by atoms with van der Waals surface area (Å²) >= 11 is 0. The first kappa shape index (κ1) is 19.8. The minimum absolute atomic E-state index is 0. The van der Waals surface area contributed by atoms with Crippen LogP contribution in [0.25, 0.3) is 0 Å². The van der Waals surface area contributed by atoms with E-state index < -0.39 is 6.36 Å². The van der Waals surface area contributed by atoms with Crippen LogP contribution < -0.4 is 17.1 Å². The van der Waals surface area contributed by atoms with E-state index in [-0.39, 0.29) is 24.1 Å². The highest BCUT2D eigenvalue weighted by atomic mass is 35.5. The molecule has 0 spiro atoms. The van der Waals surface area contributed by atoms with Crippen LogP contribution in [0, 0.1) is 0 Å². The predicted octanol–water partition coefficient (Wildman–Crippen LogP) is 0.299. The fraction of sp³-hybridized carbons (Fsp3) is 0.250. The average Bonchev–Trinajstić information content (AvgIpc) is 2.52. The third-order valence-corrected chi connectivity index (χ3v) is 3.11. The number of amides is 1. The van der Waals surface area contributed by atoms with Crippen LogP contribution in [0.2, 0.25) is 0 Å². The third-order valence-electron chi connectivity index (χ3n) is 3.11. The SMILES string of the molecule is CN(CCc1ccccn1)C(=O)c1ccc(OC(F)(F)F)cc1.[Cl-]. The van der Waals surface area contributed by atoms with Crippen molar-refractivity contribution in [2.24, 2.45) is 0 Å². The first-order chi connectivity index (χ1) is 10.8. The Kier molecular flexibility index (Phi) is 7.03. The second-order valence-electron chi connectivity index (χ2n) is 4.87. The van der Waals surface area contributed by atoms with Gasteiger partial charge in [0.1, 0.15) is 5.75 Å². The molecule has 2 rings (SSSR count). The van der Waals surface area contributed by atoms with E-state index in [0.29, 0.717) is 18.5 Å². The van der Waals surface area contributed by atoms with Crippen molar-refractivity contribution in [2.75, 3.05) is 13.6 Å². The second kappa shape index (κ2) is 8.54. The van der Waals surface area contributed by atoms with Crippen LogP contribution in [-0.2, 0) is 6.42 Å². The summed E-state index contributed by atoms with van der Waals surface area (Å²) in [7, 11) is 1.63. The van der Waals surface area contributed by atoms with Crippen molar-refractivity contribution >= 4 is 5.91 Å². The molecule has 0 unspecified atom stereocenters. The van der Waals surface area contributed by atoms with Crippen molar-refractivity contribution in [3.05, 3.63) is 59.9 Å². The van der Waals surface area contributed by atoms with Gasteiger partial charge in [-0.15, -0.1) is 13.2 Å². The molecule has 0 atom stereocenters. The summed E-state index contributed by atoms with van der Waals surface area (Å²) in [5, 5.41) is 0. The molecule has 0 aliphatic carbocycles. The molecule has 1 aromatic carbocycles. The standard InChI is InChI=1S/C16H15F3N2O2.ClH/c1-21(11-9-13-4-2-3-10-20-13)15(22)12-5-7-14(8-6-12)23-16(17,18)19;/h2-8,10H,9,11H2,1H3;1H/p-1. The van der Waals surface area contributed by atoms with Crippen LogP contribution in [-0.4, -0.2) is 35.7 Å². The molecular formula is C16H15ClF3N2O2-. The number of aromatic nitrogens is 1. The average molecular weight is 360 g/mol. The first-order valence-electron chi connectivity index (χ1n) is 6.86. The van der Waals surface area contributed by atoms with Crippen LogP contribution in [0.3, 0.4) is 0 Å². The highest BCUT2D eigenvalue weighted by molar-refractivity contribution is 5.94. The van der Waals surface area contributed by atoms with Gasteiger partial charge in [-0.2, -0.15) is 0 Å². The van der Waals surface area contributed by atoms with E-state index >= 15 is 0 Å². The lowest BCUT2D eigenvalue weighted by Crippen LogP contribution is -3.00. The van der Waals surface area contributed by atoms with Gasteiger partial charge in [-0.1, -0.05) is 6.07 Å². The summed E-state index contributed by atoms with van der Waals surface area (Å²) in [6.07, 6.45) is -2.47. The molecular weight excluding hydrogens is 345 g/mol. The summed E-state index contributed by atoms with van der Waals surface area (Å²) < 4.78 is 40.0. The molecule has 1 amide bonds. The molecule has 0 bridgehead atoms. The van der Waals surface area contributed by atoms with Gasteiger partial charge < -0.3 is 22.0 Å². The Hall–Kier alpha value is -2.28. The van der Waals surface area contributed by atoms with Crippen LogP contribution in [0.1, 0.15) is 16.1 Å². The molecule has 0 radical (unpaired) electrons. The van der Waals surface area contributed by atoms with Crippen molar-refractivity contribution in [1.82, 2.24) is 9.88 Å². The van der Waals surface area contributed by atoms with Gasteiger partial charge in [-0.3, -0.25) is 9.78 Å². The molecule has 24 heavy (non-hydrogen) atoms. The molecule has 130 valence electrons. The third kappa shape index (κ3) is 6.08. The van der Waals surface area contributed by atoms with Crippen molar-refractivity contribution in [3.63, 3.8) is 0 Å². The van der Waals surface area contributed by atoms with Gasteiger partial charge in [0.25, 0.3) is 5.91 Å². The van der Waals surface area contributed by atoms with Gasteiger partial charge in [-0.25, -0.2) is 0 Å². The fourth-order valence-electron chi connectivity index (χ4n) is 1.95. The summed E-state index contributed by atoms with van der Waals surface area (Å²) in [6, 6.07) is 10.4. The number of carbonyl (C=O) groups is 1.